The summed E-state index contributed by atoms with van der Waals surface area (Å²) in [7, 11) is 0. The Balaban J connectivity index is 2.65. The molecule has 2 nitrogen and oxygen atoms in total. The summed E-state index contributed by atoms with van der Waals surface area (Å²) >= 11 is 11.5. The minimum atomic E-state index is -0.147. The van der Waals surface area contributed by atoms with Gasteiger partial charge in [-0.05, 0) is 18.2 Å². The van der Waals surface area contributed by atoms with Gasteiger partial charge in [-0.15, -0.1) is 12.3 Å². The molecule has 1 N–H and O–H groups in total. The van der Waals surface area contributed by atoms with Crippen LogP contribution < -0.4 is 5.32 Å². The summed E-state index contributed by atoms with van der Waals surface area (Å²) in [6, 6.07) is 4.85. The number of hydrogen-bond donors (Lipinski definition) is 1. The third-order valence-electron chi connectivity index (χ3n) is 1.64. The van der Waals surface area contributed by atoms with Crippen LogP contribution in [0.1, 0.15) is 12.8 Å². The van der Waals surface area contributed by atoms with Crippen LogP contribution in [0.15, 0.2) is 18.2 Å². The third kappa shape index (κ3) is 4.24. The summed E-state index contributed by atoms with van der Waals surface area (Å²) in [5.74, 6) is 2.25. The zero-order chi connectivity index (χ0) is 11.3. The molecule has 0 fully saturated rings. The summed E-state index contributed by atoms with van der Waals surface area (Å²) < 4.78 is 0. The van der Waals surface area contributed by atoms with Crippen molar-refractivity contribution >= 4 is 34.8 Å². The summed E-state index contributed by atoms with van der Waals surface area (Å²) in [4.78, 5) is 11.3. The lowest BCUT2D eigenvalue weighted by molar-refractivity contribution is -0.116. The molecule has 0 aliphatic heterocycles. The lowest BCUT2D eigenvalue weighted by Crippen LogP contribution is -2.10. The van der Waals surface area contributed by atoms with Crippen molar-refractivity contribution in [2.45, 2.75) is 12.8 Å². The topological polar surface area (TPSA) is 29.1 Å². The molecule has 4 heteroatoms. The van der Waals surface area contributed by atoms with E-state index < -0.39 is 0 Å². The van der Waals surface area contributed by atoms with Crippen LogP contribution in [0, 0.1) is 12.3 Å². The van der Waals surface area contributed by atoms with E-state index in [1.54, 1.807) is 18.2 Å². The van der Waals surface area contributed by atoms with Gasteiger partial charge in [0.25, 0.3) is 0 Å². The first-order valence-electron chi connectivity index (χ1n) is 4.31. The average Bonchev–Trinajstić information content (AvgIpc) is 2.13. The standard InChI is InChI=1S/C11H9Cl2NO/c1-2-3-4-11(15)14-10-6-8(12)5-9(13)7-10/h1,5-7H,3-4H2,(H,14,15). The van der Waals surface area contributed by atoms with Gasteiger partial charge >= 0.3 is 0 Å². The highest BCUT2D eigenvalue weighted by molar-refractivity contribution is 6.35. The number of benzene rings is 1. The van der Waals surface area contributed by atoms with Crippen LogP contribution in [-0.4, -0.2) is 5.91 Å². The number of rotatable bonds is 3. The van der Waals surface area contributed by atoms with Gasteiger partial charge in [0.05, 0.1) is 0 Å². The highest BCUT2D eigenvalue weighted by Crippen LogP contribution is 2.22. The van der Waals surface area contributed by atoms with Crippen molar-refractivity contribution < 1.29 is 4.79 Å². The number of anilines is 1. The second kappa shape index (κ2) is 5.65. The Morgan fingerprint density at radius 2 is 1.93 bits per heavy atom. The van der Waals surface area contributed by atoms with Crippen LogP contribution in [-0.2, 0) is 4.79 Å². The van der Waals surface area contributed by atoms with E-state index in [1.807, 2.05) is 0 Å². The fourth-order valence-electron chi connectivity index (χ4n) is 1.04. The Morgan fingerprint density at radius 3 is 2.47 bits per heavy atom. The van der Waals surface area contributed by atoms with Gasteiger partial charge in [0.1, 0.15) is 0 Å². The molecule has 0 unspecified atom stereocenters. The predicted octanol–water partition coefficient (Wildman–Crippen LogP) is 3.35. The first kappa shape index (κ1) is 11.9. The average molecular weight is 242 g/mol. The quantitative estimate of drug-likeness (QED) is 0.809. The highest BCUT2D eigenvalue weighted by Gasteiger charge is 2.03. The maximum absolute atomic E-state index is 11.3. The Morgan fingerprint density at radius 1 is 1.33 bits per heavy atom. The van der Waals surface area contributed by atoms with Crippen LogP contribution in [0.25, 0.3) is 0 Å². The number of hydrogen-bond acceptors (Lipinski definition) is 1. The number of amides is 1. The van der Waals surface area contributed by atoms with Gasteiger partial charge in [0.15, 0.2) is 0 Å². The Hall–Kier alpha value is -1.17. The molecular formula is C11H9Cl2NO. The summed E-state index contributed by atoms with van der Waals surface area (Å²) in [6.07, 6.45) is 5.76. The molecule has 1 amide bonds. The van der Waals surface area contributed by atoms with Gasteiger partial charge in [-0.2, -0.15) is 0 Å². The van der Waals surface area contributed by atoms with Crippen LogP contribution in [0.2, 0.25) is 10.0 Å². The molecule has 0 atom stereocenters. The normalized spacial score (nSPS) is 9.40. The van der Waals surface area contributed by atoms with Crippen molar-refractivity contribution in [1.82, 2.24) is 0 Å². The van der Waals surface area contributed by atoms with Crippen molar-refractivity contribution in [2.75, 3.05) is 5.32 Å². The second-order valence-electron chi connectivity index (χ2n) is 2.91. The summed E-state index contributed by atoms with van der Waals surface area (Å²) in [5.41, 5.74) is 0.578. The maximum atomic E-state index is 11.3. The maximum Gasteiger partial charge on any atom is 0.225 e. The van der Waals surface area contributed by atoms with Crippen LogP contribution in [0.5, 0.6) is 0 Å². The van der Waals surface area contributed by atoms with Gasteiger partial charge in [-0.1, -0.05) is 23.2 Å². The Kier molecular flexibility index (Phi) is 4.48. The second-order valence-corrected chi connectivity index (χ2v) is 3.78. The van der Waals surface area contributed by atoms with Crippen LogP contribution in [0.4, 0.5) is 5.69 Å². The number of nitrogens with one attached hydrogen (secondary N) is 1. The molecular weight excluding hydrogens is 233 g/mol. The van der Waals surface area contributed by atoms with Gasteiger partial charge in [-0.25, -0.2) is 0 Å². The number of halogens is 2. The fraction of sp³-hybridized carbons (Fsp3) is 0.182. The SMILES string of the molecule is C#CCCC(=O)Nc1cc(Cl)cc(Cl)c1. The first-order chi connectivity index (χ1) is 7.11. The van der Waals surface area contributed by atoms with Crippen molar-refractivity contribution in [3.05, 3.63) is 28.2 Å². The van der Waals surface area contributed by atoms with E-state index in [2.05, 4.69) is 11.2 Å². The van der Waals surface area contributed by atoms with Crippen molar-refractivity contribution in [3.63, 3.8) is 0 Å². The van der Waals surface area contributed by atoms with Gasteiger partial charge in [-0.3, -0.25) is 4.79 Å². The molecule has 15 heavy (non-hydrogen) atoms. The Bertz CT molecular complexity index is 389. The number of terminal acetylenes is 1. The zero-order valence-corrected chi connectivity index (χ0v) is 9.40. The van der Waals surface area contributed by atoms with Crippen molar-refractivity contribution in [1.29, 1.82) is 0 Å². The zero-order valence-electron chi connectivity index (χ0n) is 7.89. The highest BCUT2D eigenvalue weighted by atomic mass is 35.5. The van der Waals surface area contributed by atoms with Crippen molar-refractivity contribution in [2.24, 2.45) is 0 Å². The van der Waals surface area contributed by atoms with E-state index >= 15 is 0 Å². The van der Waals surface area contributed by atoms with E-state index in [-0.39, 0.29) is 5.91 Å². The number of carbonyl (C=O) groups is 1. The van der Waals surface area contributed by atoms with E-state index in [0.29, 0.717) is 28.6 Å². The molecule has 0 aromatic heterocycles. The molecule has 0 radical (unpaired) electrons. The first-order valence-corrected chi connectivity index (χ1v) is 5.07. The molecule has 0 heterocycles. The molecule has 1 aromatic rings. The molecule has 0 saturated carbocycles. The van der Waals surface area contributed by atoms with Gasteiger partial charge < -0.3 is 5.32 Å². The van der Waals surface area contributed by atoms with E-state index in [4.69, 9.17) is 29.6 Å². The fourth-order valence-corrected chi connectivity index (χ4v) is 1.56. The van der Waals surface area contributed by atoms with Crippen LogP contribution >= 0.6 is 23.2 Å². The minimum absolute atomic E-state index is 0.147. The van der Waals surface area contributed by atoms with Crippen molar-refractivity contribution in [3.8, 4) is 12.3 Å². The summed E-state index contributed by atoms with van der Waals surface area (Å²) in [6.45, 7) is 0. The van der Waals surface area contributed by atoms with Gasteiger partial charge in [0.2, 0.25) is 5.91 Å². The molecule has 1 aromatic carbocycles. The monoisotopic (exact) mass is 241 g/mol. The van der Waals surface area contributed by atoms with E-state index in [1.165, 1.54) is 0 Å². The number of carbonyl (C=O) groups excluding carboxylic acids is 1. The van der Waals surface area contributed by atoms with E-state index in [9.17, 15) is 4.79 Å². The molecule has 1 rings (SSSR count). The largest absolute Gasteiger partial charge is 0.326 e. The summed E-state index contributed by atoms with van der Waals surface area (Å²) in [5, 5.41) is 3.62. The third-order valence-corrected chi connectivity index (χ3v) is 2.08. The molecule has 0 aliphatic carbocycles. The molecule has 0 spiro atoms. The lowest BCUT2D eigenvalue weighted by Gasteiger charge is -2.04. The minimum Gasteiger partial charge on any atom is -0.326 e. The molecule has 0 aliphatic rings. The predicted molar refractivity (Wildman–Crippen MR) is 63.2 cm³/mol. The Labute approximate surface area is 98.6 Å². The van der Waals surface area contributed by atoms with Gasteiger partial charge in [0, 0.05) is 28.6 Å². The lowest BCUT2D eigenvalue weighted by atomic mass is 10.2. The smallest absolute Gasteiger partial charge is 0.225 e. The van der Waals surface area contributed by atoms with E-state index in [0.717, 1.165) is 0 Å². The molecule has 0 saturated heterocycles. The molecule has 0 bridgehead atoms. The molecule has 78 valence electrons. The van der Waals surface area contributed by atoms with Crippen LogP contribution in [0.3, 0.4) is 0 Å².